The van der Waals surface area contributed by atoms with Crippen molar-refractivity contribution < 1.29 is 0 Å². The average molecular weight is 354 g/mol. The van der Waals surface area contributed by atoms with Crippen LogP contribution in [-0.2, 0) is 6.54 Å². The lowest BCUT2D eigenvalue weighted by molar-refractivity contribution is 0.157. The van der Waals surface area contributed by atoms with Gasteiger partial charge in [0.05, 0.1) is 0 Å². The van der Waals surface area contributed by atoms with E-state index < -0.39 is 0 Å². The molecule has 0 amide bonds. The van der Waals surface area contributed by atoms with Crippen LogP contribution >= 0.6 is 39.9 Å². The van der Waals surface area contributed by atoms with E-state index in [1.165, 1.54) is 5.56 Å². The Morgan fingerprint density at radius 1 is 1.50 bits per heavy atom. The molecule has 1 aromatic carbocycles. The summed E-state index contributed by atoms with van der Waals surface area (Å²) in [6.07, 6.45) is 1.08. The van der Waals surface area contributed by atoms with Crippen molar-refractivity contribution in [2.75, 3.05) is 13.1 Å². The summed E-state index contributed by atoms with van der Waals surface area (Å²) in [5.74, 6) is 0.571. The highest BCUT2D eigenvalue weighted by Crippen LogP contribution is 2.24. The first-order valence-electron chi connectivity index (χ1n) is 5.98. The molecule has 2 atom stereocenters. The summed E-state index contributed by atoms with van der Waals surface area (Å²) < 4.78 is 1.13. The van der Waals surface area contributed by atoms with Gasteiger partial charge < -0.3 is 5.73 Å². The van der Waals surface area contributed by atoms with Gasteiger partial charge in [-0.25, -0.2) is 0 Å². The molecule has 102 valence electrons. The van der Waals surface area contributed by atoms with Crippen molar-refractivity contribution in [1.29, 1.82) is 0 Å². The topological polar surface area (TPSA) is 29.3 Å². The second kappa shape index (κ2) is 7.11. The predicted molar refractivity (Wildman–Crippen MR) is 83.4 cm³/mol. The Morgan fingerprint density at radius 3 is 2.89 bits per heavy atom. The number of benzene rings is 1. The molecule has 2 unspecified atom stereocenters. The first-order chi connectivity index (χ1) is 8.06. The van der Waals surface area contributed by atoms with Crippen molar-refractivity contribution in [1.82, 2.24) is 4.90 Å². The highest BCUT2D eigenvalue weighted by atomic mass is 79.9. The Bertz CT molecular complexity index is 401. The number of nitrogens with two attached hydrogens (primary N) is 1. The van der Waals surface area contributed by atoms with E-state index in [1.807, 2.05) is 18.2 Å². The number of piperidine rings is 1. The van der Waals surface area contributed by atoms with Crippen LogP contribution in [-0.4, -0.2) is 24.0 Å². The Balaban J connectivity index is 0.00000162. The van der Waals surface area contributed by atoms with E-state index in [2.05, 4.69) is 27.8 Å². The zero-order valence-electron chi connectivity index (χ0n) is 10.4. The number of hydrogen-bond donors (Lipinski definition) is 1. The largest absolute Gasteiger partial charge is 0.327 e. The van der Waals surface area contributed by atoms with E-state index in [4.69, 9.17) is 17.3 Å². The van der Waals surface area contributed by atoms with Gasteiger partial charge in [-0.2, -0.15) is 0 Å². The number of nitrogens with zero attached hydrogens (tertiary/aromatic N) is 1. The SMILES string of the molecule is CC1CN(Cc2cc(Cl)ccc2Br)CCC1N.Cl. The van der Waals surface area contributed by atoms with Crippen molar-refractivity contribution in [2.45, 2.75) is 25.9 Å². The second-order valence-corrected chi connectivity index (χ2v) is 6.19. The number of rotatable bonds is 2. The maximum Gasteiger partial charge on any atom is 0.0410 e. The zero-order valence-corrected chi connectivity index (χ0v) is 13.6. The van der Waals surface area contributed by atoms with Crippen LogP contribution < -0.4 is 5.73 Å². The van der Waals surface area contributed by atoms with E-state index >= 15 is 0 Å². The molecule has 2 rings (SSSR count). The van der Waals surface area contributed by atoms with Gasteiger partial charge in [-0.05, 0) is 42.6 Å². The fourth-order valence-electron chi connectivity index (χ4n) is 2.30. The molecule has 1 aliphatic heterocycles. The summed E-state index contributed by atoms with van der Waals surface area (Å²) in [4.78, 5) is 2.45. The molecule has 18 heavy (non-hydrogen) atoms. The van der Waals surface area contributed by atoms with Gasteiger partial charge in [-0.15, -0.1) is 12.4 Å². The fourth-order valence-corrected chi connectivity index (χ4v) is 2.87. The highest BCUT2D eigenvalue weighted by Gasteiger charge is 2.23. The van der Waals surface area contributed by atoms with E-state index in [0.717, 1.165) is 35.6 Å². The lowest BCUT2D eigenvalue weighted by Gasteiger charge is -2.35. The van der Waals surface area contributed by atoms with Gasteiger partial charge in [0.15, 0.2) is 0 Å². The maximum atomic E-state index is 6.03. The van der Waals surface area contributed by atoms with Crippen molar-refractivity contribution >= 4 is 39.9 Å². The molecule has 0 aromatic heterocycles. The summed E-state index contributed by atoms with van der Waals surface area (Å²) in [7, 11) is 0. The Hall–Kier alpha value is 0.200. The van der Waals surface area contributed by atoms with Crippen LogP contribution in [0.25, 0.3) is 0 Å². The summed E-state index contributed by atoms with van der Waals surface area (Å²) in [6.45, 7) is 5.31. The molecule has 0 aliphatic carbocycles. The van der Waals surface area contributed by atoms with Crippen LogP contribution in [0.2, 0.25) is 5.02 Å². The standard InChI is InChI=1S/C13H18BrClN2.ClH/c1-9-7-17(5-4-13(9)16)8-10-6-11(15)2-3-12(10)14;/h2-3,6,9,13H,4-5,7-8,16H2,1H3;1H. The van der Waals surface area contributed by atoms with E-state index in [-0.39, 0.29) is 12.4 Å². The lowest BCUT2D eigenvalue weighted by atomic mass is 9.94. The van der Waals surface area contributed by atoms with E-state index in [0.29, 0.717) is 12.0 Å². The molecule has 1 heterocycles. The van der Waals surface area contributed by atoms with Crippen molar-refractivity contribution in [2.24, 2.45) is 11.7 Å². The quantitative estimate of drug-likeness (QED) is 0.878. The number of halogens is 3. The lowest BCUT2D eigenvalue weighted by Crippen LogP contribution is -2.45. The van der Waals surface area contributed by atoms with Gasteiger partial charge in [-0.1, -0.05) is 34.5 Å². The summed E-state index contributed by atoms with van der Waals surface area (Å²) in [6, 6.07) is 6.31. The molecule has 0 saturated carbocycles. The minimum absolute atomic E-state index is 0. The molecular weight excluding hydrogens is 335 g/mol. The summed E-state index contributed by atoms with van der Waals surface area (Å²) in [5, 5.41) is 0.796. The van der Waals surface area contributed by atoms with E-state index in [1.54, 1.807) is 0 Å². The Morgan fingerprint density at radius 2 is 2.22 bits per heavy atom. The molecular formula is C13H19BrCl2N2. The van der Waals surface area contributed by atoms with Crippen LogP contribution in [0.5, 0.6) is 0 Å². The van der Waals surface area contributed by atoms with Gasteiger partial charge in [-0.3, -0.25) is 4.90 Å². The normalized spacial score (nSPS) is 24.7. The van der Waals surface area contributed by atoms with Crippen LogP contribution in [0, 0.1) is 5.92 Å². The van der Waals surface area contributed by atoms with Gasteiger partial charge in [0, 0.05) is 28.6 Å². The molecule has 0 spiro atoms. The first-order valence-corrected chi connectivity index (χ1v) is 7.15. The van der Waals surface area contributed by atoms with Crippen LogP contribution in [0.1, 0.15) is 18.9 Å². The molecule has 1 saturated heterocycles. The van der Waals surface area contributed by atoms with Gasteiger partial charge >= 0.3 is 0 Å². The summed E-state index contributed by atoms with van der Waals surface area (Å²) in [5.41, 5.74) is 7.28. The Labute approximate surface area is 128 Å². The smallest absolute Gasteiger partial charge is 0.0410 e. The third-order valence-corrected chi connectivity index (χ3v) is 4.47. The van der Waals surface area contributed by atoms with Gasteiger partial charge in [0.25, 0.3) is 0 Å². The third kappa shape index (κ3) is 4.10. The second-order valence-electron chi connectivity index (χ2n) is 4.90. The number of hydrogen-bond acceptors (Lipinski definition) is 2. The van der Waals surface area contributed by atoms with Crippen molar-refractivity contribution in [3.8, 4) is 0 Å². The van der Waals surface area contributed by atoms with Gasteiger partial charge in [0.2, 0.25) is 0 Å². The molecule has 1 aromatic rings. The molecule has 0 bridgehead atoms. The van der Waals surface area contributed by atoms with Crippen LogP contribution in [0.3, 0.4) is 0 Å². The molecule has 5 heteroatoms. The zero-order chi connectivity index (χ0) is 12.4. The van der Waals surface area contributed by atoms with Crippen LogP contribution in [0.4, 0.5) is 0 Å². The predicted octanol–water partition coefficient (Wildman–Crippen LogP) is 3.69. The Kier molecular flexibility index (Phi) is 6.42. The fraction of sp³-hybridized carbons (Fsp3) is 0.538. The third-order valence-electron chi connectivity index (χ3n) is 3.46. The molecule has 1 fully saturated rings. The minimum Gasteiger partial charge on any atom is -0.327 e. The van der Waals surface area contributed by atoms with Crippen molar-refractivity contribution in [3.63, 3.8) is 0 Å². The highest BCUT2D eigenvalue weighted by molar-refractivity contribution is 9.10. The maximum absolute atomic E-state index is 6.03. The van der Waals surface area contributed by atoms with Crippen LogP contribution in [0.15, 0.2) is 22.7 Å². The minimum atomic E-state index is 0. The molecule has 0 radical (unpaired) electrons. The molecule has 2 N–H and O–H groups in total. The molecule has 1 aliphatic rings. The van der Waals surface area contributed by atoms with Gasteiger partial charge in [0.1, 0.15) is 0 Å². The average Bonchev–Trinajstić information content (AvgIpc) is 2.29. The summed E-state index contributed by atoms with van der Waals surface area (Å²) >= 11 is 9.60. The molecule has 2 nitrogen and oxygen atoms in total. The number of likely N-dealkylation sites (tertiary alicyclic amines) is 1. The first kappa shape index (κ1) is 16.3. The van der Waals surface area contributed by atoms with E-state index in [9.17, 15) is 0 Å². The van der Waals surface area contributed by atoms with Crippen molar-refractivity contribution in [3.05, 3.63) is 33.3 Å². The monoisotopic (exact) mass is 352 g/mol.